The molecule has 0 fully saturated rings. The van der Waals surface area contributed by atoms with Crippen molar-refractivity contribution in [3.8, 4) is 0 Å². The zero-order valence-corrected chi connectivity index (χ0v) is 11.0. The topological polar surface area (TPSA) is 32.7 Å². The van der Waals surface area contributed by atoms with Crippen molar-refractivity contribution in [3.05, 3.63) is 24.1 Å². The molecule has 1 aliphatic heterocycles. The van der Waals surface area contributed by atoms with Gasteiger partial charge >= 0.3 is 0 Å². The van der Waals surface area contributed by atoms with Crippen LogP contribution in [-0.4, -0.2) is 28.2 Å². The molecule has 5 heteroatoms. The Labute approximate surface area is 111 Å². The average molecular weight is 266 g/mol. The van der Waals surface area contributed by atoms with Crippen LogP contribution in [0.4, 0.5) is 4.39 Å². The Hall–Kier alpha value is -1.36. The molecule has 0 spiro atoms. The molecule has 18 heavy (non-hydrogen) atoms. The highest BCUT2D eigenvalue weighted by molar-refractivity contribution is 7.80. The number of nitrogens with zero attached hydrogens (tertiary/aromatic N) is 2. The lowest BCUT2D eigenvalue weighted by Gasteiger charge is -2.30. The predicted octanol–water partition coefficient (Wildman–Crippen LogP) is 2.78. The Kier molecular flexibility index (Phi) is 4.01. The van der Waals surface area contributed by atoms with Gasteiger partial charge in [-0.05, 0) is 36.9 Å². The molecule has 1 amide bonds. The summed E-state index contributed by atoms with van der Waals surface area (Å²) in [4.78, 5) is 17.9. The molecule has 0 N–H and O–H groups in total. The van der Waals surface area contributed by atoms with E-state index in [1.807, 2.05) is 0 Å². The second-order valence-corrected chi connectivity index (χ2v) is 4.74. The number of amides is 1. The van der Waals surface area contributed by atoms with Crippen molar-refractivity contribution in [2.24, 2.45) is 10.9 Å². The zero-order chi connectivity index (χ0) is 13.1. The van der Waals surface area contributed by atoms with Gasteiger partial charge in [0.15, 0.2) is 0 Å². The second-order valence-electron chi connectivity index (χ2n) is 4.38. The monoisotopic (exact) mass is 266 g/mol. The highest BCUT2D eigenvalue weighted by atomic mass is 32.1. The van der Waals surface area contributed by atoms with Crippen LogP contribution in [0.15, 0.2) is 29.0 Å². The summed E-state index contributed by atoms with van der Waals surface area (Å²) < 4.78 is 13.2. The number of carbonyl (C=O) groups excluding carboxylic acids is 1. The number of halogens is 1. The van der Waals surface area contributed by atoms with Gasteiger partial charge in [-0.15, -0.1) is 0 Å². The first-order valence-electron chi connectivity index (χ1n) is 6.13. The first-order valence-corrected chi connectivity index (χ1v) is 6.53. The molecule has 0 aromatic carbocycles. The van der Waals surface area contributed by atoms with Crippen LogP contribution in [0.3, 0.4) is 0 Å². The average Bonchev–Trinajstić information content (AvgIpc) is 2.35. The van der Waals surface area contributed by atoms with Crippen LogP contribution >= 0.6 is 12.2 Å². The predicted molar refractivity (Wildman–Crippen MR) is 73.1 cm³/mol. The fraction of sp³-hybridized carbons (Fsp3) is 0.462. The molecule has 3 nitrogen and oxygen atoms in total. The van der Waals surface area contributed by atoms with Crippen molar-refractivity contribution in [2.45, 2.75) is 26.2 Å². The molecular weight excluding hydrogens is 251 g/mol. The fourth-order valence-corrected chi connectivity index (χ4v) is 2.32. The normalized spacial score (nSPS) is 22.8. The summed E-state index contributed by atoms with van der Waals surface area (Å²) in [5.41, 5.74) is 0.540. The van der Waals surface area contributed by atoms with E-state index in [0.717, 1.165) is 19.3 Å². The van der Waals surface area contributed by atoms with Gasteiger partial charge in [0.1, 0.15) is 11.7 Å². The molecule has 96 valence electrons. The van der Waals surface area contributed by atoms with Crippen LogP contribution in [0, 0.1) is 5.92 Å². The minimum atomic E-state index is -0.608. The van der Waals surface area contributed by atoms with Gasteiger partial charge in [0.05, 0.1) is 5.71 Å². The number of rotatable bonds is 4. The summed E-state index contributed by atoms with van der Waals surface area (Å²) >= 11 is 5.12. The van der Waals surface area contributed by atoms with E-state index in [-0.39, 0.29) is 5.91 Å². The highest BCUT2D eigenvalue weighted by Crippen LogP contribution is 2.23. The van der Waals surface area contributed by atoms with Gasteiger partial charge in [0.25, 0.3) is 0 Å². The number of allylic oxidation sites excluding steroid dienone is 3. The summed E-state index contributed by atoms with van der Waals surface area (Å²) in [6, 6.07) is 0. The van der Waals surface area contributed by atoms with Crippen LogP contribution in [0.2, 0.25) is 0 Å². The van der Waals surface area contributed by atoms with Gasteiger partial charge in [-0.25, -0.2) is 9.38 Å². The smallest absolute Gasteiger partial charge is 0.241 e. The zero-order valence-electron chi connectivity index (χ0n) is 10.2. The molecule has 0 aromatic heterocycles. The lowest BCUT2D eigenvalue weighted by Crippen LogP contribution is -2.46. The molecular formula is C13H15FN2OS. The minimum Gasteiger partial charge on any atom is -0.287 e. The van der Waals surface area contributed by atoms with Crippen LogP contribution in [0.1, 0.15) is 26.2 Å². The first-order chi connectivity index (χ1) is 8.63. The summed E-state index contributed by atoms with van der Waals surface area (Å²) in [5, 5.41) is 0.294. The van der Waals surface area contributed by atoms with E-state index in [4.69, 9.17) is 12.2 Å². The number of hydrogen-bond acceptors (Lipinski definition) is 2. The first kappa shape index (κ1) is 13.1. The number of aliphatic imine (C=N–C) groups is 1. The van der Waals surface area contributed by atoms with Crippen LogP contribution < -0.4 is 0 Å². The van der Waals surface area contributed by atoms with Gasteiger partial charge in [-0.1, -0.05) is 19.8 Å². The molecule has 1 heterocycles. The lowest BCUT2D eigenvalue weighted by atomic mass is 9.95. The van der Waals surface area contributed by atoms with E-state index in [0.29, 0.717) is 17.4 Å². The van der Waals surface area contributed by atoms with Crippen LogP contribution in [-0.2, 0) is 4.79 Å². The van der Waals surface area contributed by atoms with Crippen molar-refractivity contribution >= 4 is 28.9 Å². The number of fused-ring (bicyclic) bond motifs is 1. The molecule has 1 unspecified atom stereocenters. The fourth-order valence-electron chi connectivity index (χ4n) is 2.03. The van der Waals surface area contributed by atoms with Crippen LogP contribution in [0.25, 0.3) is 0 Å². The molecule has 0 saturated carbocycles. The number of thiocarbonyl (C=S) groups is 1. The Morgan fingerprint density at radius 3 is 2.94 bits per heavy atom. The molecule has 0 bridgehead atoms. The Morgan fingerprint density at radius 1 is 1.44 bits per heavy atom. The van der Waals surface area contributed by atoms with Gasteiger partial charge < -0.3 is 0 Å². The van der Waals surface area contributed by atoms with Crippen molar-refractivity contribution in [1.82, 2.24) is 4.90 Å². The van der Waals surface area contributed by atoms with E-state index in [1.165, 1.54) is 23.1 Å². The van der Waals surface area contributed by atoms with Crippen molar-refractivity contribution in [2.75, 3.05) is 6.54 Å². The van der Waals surface area contributed by atoms with E-state index in [9.17, 15) is 9.18 Å². The molecule has 1 aliphatic carbocycles. The molecule has 2 aliphatic rings. The largest absolute Gasteiger partial charge is 0.287 e. The molecule has 2 rings (SSSR count). The second kappa shape index (κ2) is 5.52. The van der Waals surface area contributed by atoms with E-state index in [1.54, 1.807) is 0 Å². The third kappa shape index (κ3) is 2.56. The Bertz CT molecular complexity index is 468. The summed E-state index contributed by atoms with van der Waals surface area (Å²) in [6.45, 7) is 2.66. The summed E-state index contributed by atoms with van der Waals surface area (Å²) in [6.07, 6.45) is 7.13. The minimum absolute atomic E-state index is 0.166. The van der Waals surface area contributed by atoms with Gasteiger partial charge in [0.2, 0.25) is 11.0 Å². The highest BCUT2D eigenvalue weighted by Gasteiger charge is 2.34. The molecule has 1 atom stereocenters. The molecule has 0 radical (unpaired) electrons. The number of unbranched alkanes of at least 4 members (excludes halogenated alkanes) is 2. The summed E-state index contributed by atoms with van der Waals surface area (Å²) in [7, 11) is 0. The van der Waals surface area contributed by atoms with E-state index < -0.39 is 11.7 Å². The number of hydrogen-bond donors (Lipinski definition) is 0. The Morgan fingerprint density at radius 2 is 2.22 bits per heavy atom. The third-order valence-electron chi connectivity index (χ3n) is 3.03. The molecule has 0 saturated heterocycles. The van der Waals surface area contributed by atoms with Crippen molar-refractivity contribution in [3.63, 3.8) is 0 Å². The lowest BCUT2D eigenvalue weighted by molar-refractivity contribution is -0.128. The summed E-state index contributed by atoms with van der Waals surface area (Å²) in [5.74, 6) is -1.17. The SMILES string of the molecule is CCCCCN1C(=O)C2C=C(F)C=CC2=NC1=S. The van der Waals surface area contributed by atoms with E-state index in [2.05, 4.69) is 11.9 Å². The van der Waals surface area contributed by atoms with Gasteiger partial charge in [-0.3, -0.25) is 9.69 Å². The van der Waals surface area contributed by atoms with Crippen LogP contribution in [0.5, 0.6) is 0 Å². The third-order valence-corrected chi connectivity index (χ3v) is 3.34. The van der Waals surface area contributed by atoms with Gasteiger partial charge in [0, 0.05) is 6.54 Å². The molecule has 0 aromatic rings. The standard InChI is InChI=1S/C13H15FN2OS/c1-2-3-4-7-16-12(17)10-8-9(14)5-6-11(10)15-13(16)18/h5-6,8,10H,2-4,7H2,1H3. The quantitative estimate of drug-likeness (QED) is 0.579. The number of carbonyl (C=O) groups is 1. The maximum absolute atomic E-state index is 13.2. The Balaban J connectivity index is 2.16. The van der Waals surface area contributed by atoms with Gasteiger partial charge in [-0.2, -0.15) is 0 Å². The maximum Gasteiger partial charge on any atom is 0.241 e. The van der Waals surface area contributed by atoms with E-state index >= 15 is 0 Å². The van der Waals surface area contributed by atoms with Crippen molar-refractivity contribution < 1.29 is 9.18 Å². The van der Waals surface area contributed by atoms with Crippen molar-refractivity contribution in [1.29, 1.82) is 0 Å². The maximum atomic E-state index is 13.2.